The minimum Gasteiger partial charge on any atom is -0.461 e. The summed E-state index contributed by atoms with van der Waals surface area (Å²) in [6.07, 6.45) is 3.58. The smallest absolute Gasteiger partial charge is 0.316 e. The van der Waals surface area contributed by atoms with Crippen LogP contribution in [0.5, 0.6) is 0 Å². The van der Waals surface area contributed by atoms with Gasteiger partial charge in [-0.1, -0.05) is 15.9 Å². The van der Waals surface area contributed by atoms with Crippen LogP contribution in [0.15, 0.2) is 11.1 Å². The van der Waals surface area contributed by atoms with Crippen LogP contribution in [-0.4, -0.2) is 24.6 Å². The number of carbonyl (C=O) groups excluding carboxylic acids is 1. The van der Waals surface area contributed by atoms with Crippen molar-refractivity contribution in [1.29, 1.82) is 0 Å². The monoisotopic (exact) mass is 224 g/mol. The van der Waals surface area contributed by atoms with Crippen LogP contribution in [0.3, 0.4) is 0 Å². The molecule has 0 atom stereocenters. The summed E-state index contributed by atoms with van der Waals surface area (Å²) in [6, 6.07) is 0. The summed E-state index contributed by atoms with van der Waals surface area (Å²) < 4.78 is 4.75. The van der Waals surface area contributed by atoms with Crippen LogP contribution in [0.1, 0.15) is 0 Å². The molecule has 0 radical (unpaired) electrons. The van der Waals surface area contributed by atoms with Crippen molar-refractivity contribution >= 4 is 33.7 Å². The van der Waals surface area contributed by atoms with Crippen molar-refractivity contribution in [1.82, 2.24) is 0 Å². The molecular weight excluding hydrogens is 216 g/mol. The Morgan fingerprint density at radius 1 is 1.80 bits per heavy atom. The van der Waals surface area contributed by atoms with Crippen LogP contribution in [-0.2, 0) is 9.53 Å². The summed E-state index contributed by atoms with van der Waals surface area (Å²) in [5.74, 6) is 0.258. The zero-order valence-electron chi connectivity index (χ0n) is 5.67. The van der Waals surface area contributed by atoms with E-state index in [0.717, 1.165) is 0 Å². The van der Waals surface area contributed by atoms with Crippen molar-refractivity contribution in [2.75, 3.05) is 18.6 Å². The molecule has 0 spiro atoms. The fraction of sp³-hybridized carbons (Fsp3) is 0.500. The highest BCUT2D eigenvalue weighted by Gasteiger charge is 1.96. The molecule has 0 heterocycles. The maximum absolute atomic E-state index is 10.6. The minimum absolute atomic E-state index is 0.168. The Kier molecular flexibility index (Phi) is 7.18. The average Bonchev–Trinajstić information content (AvgIpc) is 1.89. The van der Waals surface area contributed by atoms with E-state index in [-0.39, 0.29) is 5.97 Å². The predicted octanol–water partition coefficient (Wildman–Crippen LogP) is 1.80. The van der Waals surface area contributed by atoms with Gasteiger partial charge in [-0.25, -0.2) is 0 Å². The maximum atomic E-state index is 10.6. The molecule has 0 aliphatic rings. The number of carbonyl (C=O) groups is 1. The normalized spacial score (nSPS) is 10.2. The molecular formula is C6H9BrO2S. The molecule has 4 heteroatoms. The summed E-state index contributed by atoms with van der Waals surface area (Å²) in [7, 11) is 0. The number of ether oxygens (including phenoxy) is 1. The van der Waals surface area contributed by atoms with E-state index < -0.39 is 0 Å². The first-order valence-corrected chi connectivity index (χ1v) is 5.02. The zero-order chi connectivity index (χ0) is 7.82. The Balaban J connectivity index is 3.21. The molecule has 2 nitrogen and oxygen atoms in total. The van der Waals surface area contributed by atoms with Crippen LogP contribution in [0.2, 0.25) is 0 Å². The van der Waals surface area contributed by atoms with Gasteiger partial charge in [0, 0.05) is 0 Å². The van der Waals surface area contributed by atoms with Gasteiger partial charge in [-0.3, -0.25) is 4.79 Å². The second-order valence-electron chi connectivity index (χ2n) is 1.48. The molecule has 0 rings (SSSR count). The summed E-state index contributed by atoms with van der Waals surface area (Å²) in [5, 5.41) is 0. The molecule has 0 bridgehead atoms. The Morgan fingerprint density at radius 2 is 2.50 bits per heavy atom. The van der Waals surface area contributed by atoms with Crippen LogP contribution >= 0.6 is 27.7 Å². The number of rotatable bonds is 4. The number of halogens is 1. The van der Waals surface area contributed by atoms with Gasteiger partial charge in [0.2, 0.25) is 0 Å². The highest BCUT2D eigenvalue weighted by atomic mass is 79.9. The SMILES string of the molecule is CSCC(=O)OC/C=C/Br. The van der Waals surface area contributed by atoms with Crippen LogP contribution < -0.4 is 0 Å². The number of hydrogen-bond acceptors (Lipinski definition) is 3. The van der Waals surface area contributed by atoms with Gasteiger partial charge < -0.3 is 4.74 Å². The molecule has 0 aliphatic carbocycles. The summed E-state index contributed by atoms with van der Waals surface area (Å²) in [4.78, 5) is 12.3. The van der Waals surface area contributed by atoms with Crippen molar-refractivity contribution in [3.05, 3.63) is 11.1 Å². The second-order valence-corrected chi connectivity index (χ2v) is 2.87. The van der Waals surface area contributed by atoms with Gasteiger partial charge in [0.05, 0.1) is 5.75 Å². The Hall–Kier alpha value is 0.0400. The van der Waals surface area contributed by atoms with Crippen molar-refractivity contribution < 1.29 is 9.53 Å². The zero-order valence-corrected chi connectivity index (χ0v) is 8.07. The van der Waals surface area contributed by atoms with E-state index in [1.807, 2.05) is 6.26 Å². The first-order chi connectivity index (χ1) is 4.81. The second kappa shape index (κ2) is 7.15. The van der Waals surface area contributed by atoms with Crippen LogP contribution in [0, 0.1) is 0 Å². The highest BCUT2D eigenvalue weighted by molar-refractivity contribution is 9.11. The summed E-state index contributed by atoms with van der Waals surface area (Å²) in [6.45, 7) is 0.352. The van der Waals surface area contributed by atoms with Gasteiger partial charge in [-0.2, -0.15) is 11.8 Å². The molecule has 0 fully saturated rings. The van der Waals surface area contributed by atoms with Crippen LogP contribution in [0.25, 0.3) is 0 Å². The van der Waals surface area contributed by atoms with Crippen LogP contribution in [0.4, 0.5) is 0 Å². The van der Waals surface area contributed by atoms with E-state index in [1.165, 1.54) is 11.8 Å². The predicted molar refractivity (Wildman–Crippen MR) is 47.4 cm³/mol. The standard InChI is InChI=1S/C6H9BrO2S/c1-10-5-6(8)9-4-2-3-7/h2-3H,4-5H2,1H3/b3-2+. The molecule has 58 valence electrons. The largest absolute Gasteiger partial charge is 0.461 e. The lowest BCUT2D eigenvalue weighted by molar-refractivity contribution is -0.139. The fourth-order valence-corrected chi connectivity index (χ4v) is 0.809. The Morgan fingerprint density at radius 3 is 3.00 bits per heavy atom. The molecule has 0 amide bonds. The first-order valence-electron chi connectivity index (χ1n) is 2.71. The molecule has 0 aromatic carbocycles. The van der Waals surface area contributed by atoms with E-state index >= 15 is 0 Å². The third kappa shape index (κ3) is 6.16. The molecule has 0 aromatic rings. The van der Waals surface area contributed by atoms with E-state index in [0.29, 0.717) is 12.4 Å². The maximum Gasteiger partial charge on any atom is 0.316 e. The van der Waals surface area contributed by atoms with Gasteiger partial charge in [-0.05, 0) is 17.3 Å². The topological polar surface area (TPSA) is 26.3 Å². The molecule has 0 unspecified atom stereocenters. The number of esters is 1. The molecule has 0 saturated heterocycles. The van der Waals surface area contributed by atoms with E-state index in [9.17, 15) is 4.79 Å². The number of hydrogen-bond donors (Lipinski definition) is 0. The Labute approximate surface area is 73.1 Å². The third-order valence-corrected chi connectivity index (χ3v) is 1.59. The lowest BCUT2D eigenvalue weighted by Crippen LogP contribution is -2.06. The van der Waals surface area contributed by atoms with Gasteiger partial charge in [0.15, 0.2) is 0 Å². The molecule has 0 saturated carbocycles. The third-order valence-electron chi connectivity index (χ3n) is 0.692. The van der Waals surface area contributed by atoms with Crippen molar-refractivity contribution in [2.24, 2.45) is 0 Å². The molecule has 0 N–H and O–H groups in total. The van der Waals surface area contributed by atoms with Crippen molar-refractivity contribution in [3.8, 4) is 0 Å². The fourth-order valence-electron chi connectivity index (χ4n) is 0.337. The average molecular weight is 225 g/mol. The van der Waals surface area contributed by atoms with Gasteiger partial charge >= 0.3 is 5.97 Å². The quantitative estimate of drug-likeness (QED) is 0.682. The molecule has 0 aromatic heterocycles. The van der Waals surface area contributed by atoms with Gasteiger partial charge in [0.25, 0.3) is 0 Å². The highest BCUT2D eigenvalue weighted by Crippen LogP contribution is 1.93. The van der Waals surface area contributed by atoms with E-state index in [1.54, 1.807) is 11.1 Å². The van der Waals surface area contributed by atoms with Crippen molar-refractivity contribution in [2.45, 2.75) is 0 Å². The summed E-state index contributed by atoms with van der Waals surface area (Å²) >= 11 is 4.52. The molecule has 10 heavy (non-hydrogen) atoms. The lowest BCUT2D eigenvalue weighted by atomic mass is 10.7. The lowest BCUT2D eigenvalue weighted by Gasteiger charge is -1.97. The first kappa shape index (κ1) is 10.0. The van der Waals surface area contributed by atoms with Gasteiger partial charge in [0.1, 0.15) is 6.61 Å². The van der Waals surface area contributed by atoms with E-state index in [4.69, 9.17) is 4.74 Å². The van der Waals surface area contributed by atoms with Gasteiger partial charge in [-0.15, -0.1) is 0 Å². The van der Waals surface area contributed by atoms with E-state index in [2.05, 4.69) is 15.9 Å². The minimum atomic E-state index is -0.168. The van der Waals surface area contributed by atoms with Crippen molar-refractivity contribution in [3.63, 3.8) is 0 Å². The Bertz CT molecular complexity index is 125. The molecule has 0 aliphatic heterocycles. The number of thioether (sulfide) groups is 1. The summed E-state index contributed by atoms with van der Waals surface area (Å²) in [5.41, 5.74) is 0.